The Morgan fingerprint density at radius 2 is 1.43 bits per heavy atom. The van der Waals surface area contributed by atoms with Gasteiger partial charge in [-0.2, -0.15) is 0 Å². The van der Waals surface area contributed by atoms with E-state index in [4.69, 9.17) is 5.11 Å². The molecule has 1 unspecified atom stereocenters. The zero-order valence-corrected chi connectivity index (χ0v) is 17.4. The van der Waals surface area contributed by atoms with E-state index in [1.165, 1.54) is 37.7 Å². The molecule has 0 aliphatic rings. The third kappa shape index (κ3) is 11.8. The third-order valence-electron chi connectivity index (χ3n) is 4.87. The van der Waals surface area contributed by atoms with Gasteiger partial charge in [0.25, 0.3) is 0 Å². The van der Waals surface area contributed by atoms with Crippen LogP contribution in [0, 0.1) is 22.2 Å². The van der Waals surface area contributed by atoms with E-state index >= 15 is 0 Å². The molecule has 0 rings (SSSR count). The second-order valence-corrected chi connectivity index (χ2v) is 10.5. The van der Waals surface area contributed by atoms with Crippen molar-refractivity contribution >= 4 is 0 Å². The topological polar surface area (TPSA) is 20.2 Å². The van der Waals surface area contributed by atoms with Gasteiger partial charge in [0.05, 0.1) is 0 Å². The monoisotopic (exact) mass is 324 g/mol. The van der Waals surface area contributed by atoms with Crippen LogP contribution in [0.1, 0.15) is 100 Å². The Balaban J connectivity index is 4.46. The standard InChI is InChI=1S/C22H44O/c1-18(2)15-21(6,7)17-22(8,9)16-20(4,5)13-10-11-19(3)12-14-23/h19,23H,1,10-17H2,2-9H3. The van der Waals surface area contributed by atoms with Gasteiger partial charge in [0, 0.05) is 6.61 Å². The molecule has 0 spiro atoms. The average molecular weight is 325 g/mol. The van der Waals surface area contributed by atoms with Crippen LogP contribution in [-0.4, -0.2) is 11.7 Å². The highest BCUT2D eigenvalue weighted by Crippen LogP contribution is 2.45. The SMILES string of the molecule is C=C(C)CC(C)(C)CC(C)(C)CC(C)(C)CCCC(C)CCO. The molecule has 0 saturated carbocycles. The van der Waals surface area contributed by atoms with Crippen LogP contribution in [0.25, 0.3) is 0 Å². The number of allylic oxidation sites excluding steroid dienone is 1. The van der Waals surface area contributed by atoms with Crippen molar-refractivity contribution in [1.29, 1.82) is 0 Å². The summed E-state index contributed by atoms with van der Waals surface area (Å²) >= 11 is 0. The molecule has 1 heteroatoms. The van der Waals surface area contributed by atoms with Gasteiger partial charge in [0.15, 0.2) is 0 Å². The Labute approximate surface area is 147 Å². The number of hydrogen-bond donors (Lipinski definition) is 1. The van der Waals surface area contributed by atoms with Crippen LogP contribution >= 0.6 is 0 Å². The van der Waals surface area contributed by atoms with Gasteiger partial charge in [0.1, 0.15) is 0 Å². The van der Waals surface area contributed by atoms with Crippen molar-refractivity contribution in [3.8, 4) is 0 Å². The molecule has 138 valence electrons. The van der Waals surface area contributed by atoms with Crippen LogP contribution in [0.3, 0.4) is 0 Å². The first-order chi connectivity index (χ1) is 10.3. The van der Waals surface area contributed by atoms with E-state index in [2.05, 4.69) is 62.0 Å². The van der Waals surface area contributed by atoms with Gasteiger partial charge in [0.2, 0.25) is 0 Å². The highest BCUT2D eigenvalue weighted by molar-refractivity contribution is 4.96. The van der Waals surface area contributed by atoms with Crippen LogP contribution in [0.15, 0.2) is 12.2 Å². The molecule has 0 aromatic rings. The first-order valence-corrected chi connectivity index (χ1v) is 9.54. The maximum atomic E-state index is 9.01. The lowest BCUT2D eigenvalue weighted by molar-refractivity contribution is 0.116. The Morgan fingerprint density at radius 3 is 1.91 bits per heavy atom. The number of aliphatic hydroxyl groups excluding tert-OH is 1. The summed E-state index contributed by atoms with van der Waals surface area (Å²) in [7, 11) is 0. The predicted molar refractivity (Wildman–Crippen MR) is 105 cm³/mol. The fourth-order valence-corrected chi connectivity index (χ4v) is 4.92. The number of hydrogen-bond acceptors (Lipinski definition) is 1. The lowest BCUT2D eigenvalue weighted by atomic mass is 9.65. The van der Waals surface area contributed by atoms with Gasteiger partial charge in [-0.15, -0.1) is 6.58 Å². The molecule has 0 aliphatic heterocycles. The Kier molecular flexibility index (Phi) is 9.13. The molecule has 0 bridgehead atoms. The lowest BCUT2D eigenvalue weighted by Crippen LogP contribution is -2.29. The Morgan fingerprint density at radius 1 is 0.913 bits per heavy atom. The van der Waals surface area contributed by atoms with E-state index in [1.54, 1.807) is 0 Å². The van der Waals surface area contributed by atoms with Gasteiger partial charge in [-0.05, 0) is 61.2 Å². The summed E-state index contributed by atoms with van der Waals surface area (Å²) in [4.78, 5) is 0. The Hall–Kier alpha value is -0.300. The molecule has 0 saturated heterocycles. The predicted octanol–water partition coefficient (Wildman–Crippen LogP) is 7.00. The van der Waals surface area contributed by atoms with Crippen molar-refractivity contribution in [2.24, 2.45) is 22.2 Å². The molecule has 0 aromatic carbocycles. The van der Waals surface area contributed by atoms with Crippen molar-refractivity contribution in [3.63, 3.8) is 0 Å². The summed E-state index contributed by atoms with van der Waals surface area (Å²) < 4.78 is 0. The van der Waals surface area contributed by atoms with Gasteiger partial charge in [-0.25, -0.2) is 0 Å². The maximum absolute atomic E-state index is 9.01. The van der Waals surface area contributed by atoms with Crippen LogP contribution < -0.4 is 0 Å². The van der Waals surface area contributed by atoms with E-state index < -0.39 is 0 Å². The highest BCUT2D eigenvalue weighted by Gasteiger charge is 2.33. The van der Waals surface area contributed by atoms with Gasteiger partial charge in [-0.1, -0.05) is 66.9 Å². The minimum absolute atomic E-state index is 0.329. The summed E-state index contributed by atoms with van der Waals surface area (Å²) in [6.07, 6.45) is 8.39. The van der Waals surface area contributed by atoms with Crippen molar-refractivity contribution < 1.29 is 5.11 Å². The molecule has 0 heterocycles. The van der Waals surface area contributed by atoms with E-state index in [0.717, 1.165) is 12.8 Å². The number of aliphatic hydroxyl groups is 1. The molecule has 0 radical (unpaired) electrons. The Bertz CT molecular complexity index is 349. The first kappa shape index (κ1) is 22.7. The quantitative estimate of drug-likeness (QED) is 0.383. The third-order valence-corrected chi connectivity index (χ3v) is 4.87. The molecule has 1 atom stereocenters. The van der Waals surface area contributed by atoms with Gasteiger partial charge in [-0.3, -0.25) is 0 Å². The summed E-state index contributed by atoms with van der Waals surface area (Å²) in [5.41, 5.74) is 2.38. The van der Waals surface area contributed by atoms with Gasteiger partial charge < -0.3 is 5.11 Å². The van der Waals surface area contributed by atoms with Crippen molar-refractivity contribution in [1.82, 2.24) is 0 Å². The summed E-state index contributed by atoms with van der Waals surface area (Å²) in [6.45, 7) is 23.3. The molecular formula is C22H44O. The van der Waals surface area contributed by atoms with Crippen LogP contribution in [0.2, 0.25) is 0 Å². The van der Waals surface area contributed by atoms with Gasteiger partial charge >= 0.3 is 0 Å². The number of rotatable bonds is 12. The molecule has 1 N–H and O–H groups in total. The van der Waals surface area contributed by atoms with Crippen molar-refractivity contribution in [2.45, 2.75) is 100 Å². The second-order valence-electron chi connectivity index (χ2n) is 10.5. The first-order valence-electron chi connectivity index (χ1n) is 9.54. The highest BCUT2D eigenvalue weighted by atomic mass is 16.3. The zero-order chi connectivity index (χ0) is 18.3. The largest absolute Gasteiger partial charge is 0.396 e. The normalized spacial score (nSPS) is 14.8. The van der Waals surface area contributed by atoms with E-state index in [0.29, 0.717) is 28.8 Å². The van der Waals surface area contributed by atoms with E-state index in [9.17, 15) is 0 Å². The smallest absolute Gasteiger partial charge is 0.0433 e. The molecule has 23 heavy (non-hydrogen) atoms. The molecule has 0 amide bonds. The molecule has 0 fully saturated rings. The van der Waals surface area contributed by atoms with Crippen LogP contribution in [0.4, 0.5) is 0 Å². The van der Waals surface area contributed by atoms with E-state index in [-0.39, 0.29) is 0 Å². The summed E-state index contributed by atoms with van der Waals surface area (Å²) in [5, 5.41) is 9.01. The molecule has 1 nitrogen and oxygen atoms in total. The minimum Gasteiger partial charge on any atom is -0.396 e. The van der Waals surface area contributed by atoms with Crippen molar-refractivity contribution in [2.75, 3.05) is 6.61 Å². The van der Waals surface area contributed by atoms with Crippen LogP contribution in [0.5, 0.6) is 0 Å². The zero-order valence-electron chi connectivity index (χ0n) is 17.4. The molecule has 0 aliphatic carbocycles. The fourth-order valence-electron chi connectivity index (χ4n) is 4.92. The maximum Gasteiger partial charge on any atom is 0.0433 e. The van der Waals surface area contributed by atoms with Crippen molar-refractivity contribution in [3.05, 3.63) is 12.2 Å². The lowest BCUT2D eigenvalue weighted by Gasteiger charge is -2.40. The van der Waals surface area contributed by atoms with E-state index in [1.807, 2.05) is 0 Å². The second kappa shape index (κ2) is 9.25. The fraction of sp³-hybridized carbons (Fsp3) is 0.909. The average Bonchev–Trinajstić information content (AvgIpc) is 2.22. The molecular weight excluding hydrogens is 280 g/mol. The summed E-state index contributed by atoms with van der Waals surface area (Å²) in [6, 6.07) is 0. The minimum atomic E-state index is 0.329. The van der Waals surface area contributed by atoms with Crippen LogP contribution in [-0.2, 0) is 0 Å². The molecule has 0 aromatic heterocycles. The summed E-state index contributed by atoms with van der Waals surface area (Å²) in [5.74, 6) is 0.651.